The van der Waals surface area contributed by atoms with Crippen LogP contribution < -0.4 is 19.5 Å². The first kappa shape index (κ1) is 42.6. The van der Waals surface area contributed by atoms with E-state index in [1.165, 1.54) is 23.5 Å². The highest BCUT2D eigenvalue weighted by Gasteiger charge is 2.26. The molecule has 1 aliphatic heterocycles. The van der Waals surface area contributed by atoms with Gasteiger partial charge in [-0.05, 0) is 78.7 Å². The molecule has 62 heavy (non-hydrogen) atoms. The van der Waals surface area contributed by atoms with Crippen LogP contribution in [0, 0.1) is 12.7 Å². The monoisotopic (exact) mass is 872 g/mol. The number of ether oxygens (including phenoxy) is 3. The molecule has 0 spiro atoms. The van der Waals surface area contributed by atoms with E-state index in [2.05, 4.69) is 32.1 Å². The van der Waals surface area contributed by atoms with E-state index in [0.29, 0.717) is 51.6 Å². The largest absolute Gasteiger partial charge is 0.496 e. The molecule has 2 N–H and O–H groups in total. The predicted octanol–water partition coefficient (Wildman–Crippen LogP) is 9.51. The summed E-state index contributed by atoms with van der Waals surface area (Å²) in [5.41, 5.74) is 5.89. The average Bonchev–Trinajstić information content (AvgIpc) is 3.68. The highest BCUT2D eigenvalue weighted by molar-refractivity contribution is 7.23. The number of pyridine rings is 1. The van der Waals surface area contributed by atoms with Gasteiger partial charge in [0.25, 0.3) is 0 Å². The first-order valence-corrected chi connectivity index (χ1v) is 21.5. The molecule has 8 rings (SSSR count). The number of fused-ring (bicyclic) bond motifs is 1. The molecule has 0 unspecified atom stereocenters. The summed E-state index contributed by atoms with van der Waals surface area (Å²) in [6.07, 6.45) is 5.17. The van der Waals surface area contributed by atoms with Gasteiger partial charge in [-0.2, -0.15) is 0 Å². The minimum Gasteiger partial charge on any atom is -0.496 e. The van der Waals surface area contributed by atoms with Crippen LogP contribution in [0.25, 0.3) is 43.0 Å². The van der Waals surface area contributed by atoms with Gasteiger partial charge in [-0.1, -0.05) is 60.1 Å². The molecule has 3 aromatic heterocycles. The normalized spacial score (nSPS) is 13.8. The number of likely N-dealkylation sites (N-methyl/N-ethyl adjacent to an activating group) is 1. The van der Waals surface area contributed by atoms with Crippen molar-refractivity contribution >= 4 is 44.7 Å². The van der Waals surface area contributed by atoms with Gasteiger partial charge >= 0.3 is 5.97 Å². The van der Waals surface area contributed by atoms with Crippen molar-refractivity contribution in [2.75, 3.05) is 58.8 Å². The lowest BCUT2D eigenvalue weighted by Gasteiger charge is -2.32. The average molecular weight is 873 g/mol. The van der Waals surface area contributed by atoms with Crippen LogP contribution in [0.4, 0.5) is 10.1 Å². The van der Waals surface area contributed by atoms with Gasteiger partial charge in [-0.15, -0.1) is 11.3 Å². The topological polar surface area (TPSA) is 122 Å². The maximum absolute atomic E-state index is 14.2. The fraction of sp³-hybridized carbons (Fsp3) is 0.250. The molecule has 1 saturated heterocycles. The van der Waals surface area contributed by atoms with E-state index in [-0.39, 0.29) is 18.8 Å². The van der Waals surface area contributed by atoms with Crippen molar-refractivity contribution in [3.05, 3.63) is 137 Å². The zero-order valence-electron chi connectivity index (χ0n) is 34.6. The van der Waals surface area contributed by atoms with Crippen molar-refractivity contribution in [2.45, 2.75) is 26.0 Å². The van der Waals surface area contributed by atoms with Crippen LogP contribution in [0.2, 0.25) is 5.02 Å². The van der Waals surface area contributed by atoms with Crippen LogP contribution in [-0.2, 0) is 17.8 Å². The summed E-state index contributed by atoms with van der Waals surface area (Å²) < 4.78 is 33.1. The van der Waals surface area contributed by atoms with Crippen molar-refractivity contribution in [2.24, 2.45) is 0 Å². The van der Waals surface area contributed by atoms with Crippen LogP contribution in [0.1, 0.15) is 16.8 Å². The van der Waals surface area contributed by atoms with Crippen LogP contribution >= 0.6 is 22.9 Å². The van der Waals surface area contributed by atoms with E-state index >= 15 is 0 Å². The molecule has 0 aliphatic carbocycles. The van der Waals surface area contributed by atoms with E-state index in [9.17, 15) is 14.3 Å². The minimum atomic E-state index is -1.08. The minimum absolute atomic E-state index is 0.0907. The molecule has 14 heteroatoms. The fourth-order valence-corrected chi connectivity index (χ4v) is 9.06. The summed E-state index contributed by atoms with van der Waals surface area (Å²) in [5, 5.41) is 15.3. The maximum atomic E-state index is 14.2. The number of carboxylic acids is 1. The molecular weight excluding hydrogens is 827 g/mol. The Bertz CT molecular complexity index is 2690. The molecule has 4 aromatic carbocycles. The Morgan fingerprint density at radius 3 is 2.45 bits per heavy atom. The standard InChI is InChI=1S/C48H46ClFN6O5S/c1-30-35(16-17-41(45(30)49)60-25-24-56-22-20-55(2)21-23-56)43-44-38(27-51-28-42(44)62-46(43)31-12-14-33(50)15-13-31)54-37(48(57)58)26-32-8-4-6-10-39(32)61-29-34-18-19-52-47(53-34)36-9-5-7-11-40(36)59-3/h4-19,27-28,37,54H,20-26,29H2,1-3H3,(H,57,58)/t37-/m0/s1. The maximum Gasteiger partial charge on any atom is 0.326 e. The number of aliphatic carboxylic acids is 1. The van der Waals surface area contributed by atoms with E-state index in [1.807, 2.05) is 67.6 Å². The Balaban J connectivity index is 1.08. The zero-order valence-corrected chi connectivity index (χ0v) is 36.2. The van der Waals surface area contributed by atoms with Crippen molar-refractivity contribution in [1.82, 2.24) is 24.8 Å². The van der Waals surface area contributed by atoms with Gasteiger partial charge < -0.3 is 29.5 Å². The molecule has 4 heterocycles. The quantitative estimate of drug-likeness (QED) is 0.0966. The van der Waals surface area contributed by atoms with E-state index < -0.39 is 12.0 Å². The van der Waals surface area contributed by atoms with Crippen molar-refractivity contribution in [3.8, 4) is 50.2 Å². The Kier molecular flexibility index (Phi) is 13.2. The fourth-order valence-electron chi connectivity index (χ4n) is 7.63. The Morgan fingerprint density at radius 2 is 1.68 bits per heavy atom. The second-order valence-corrected chi connectivity index (χ2v) is 16.6. The molecule has 7 aromatic rings. The van der Waals surface area contributed by atoms with Gasteiger partial charge in [0.05, 0.1) is 40.0 Å². The summed E-state index contributed by atoms with van der Waals surface area (Å²) >= 11 is 8.58. The highest BCUT2D eigenvalue weighted by Crippen LogP contribution is 2.50. The molecule has 0 amide bonds. The summed E-state index contributed by atoms with van der Waals surface area (Å²) in [6, 6.07) is 25.8. The molecule has 318 valence electrons. The van der Waals surface area contributed by atoms with Gasteiger partial charge in [0.15, 0.2) is 5.82 Å². The third-order valence-electron chi connectivity index (χ3n) is 11.0. The second kappa shape index (κ2) is 19.3. The van der Waals surface area contributed by atoms with Crippen LogP contribution in [0.3, 0.4) is 0 Å². The number of methoxy groups -OCH3 is 1. The number of nitrogens with one attached hydrogen (secondary N) is 1. The van der Waals surface area contributed by atoms with Crippen molar-refractivity contribution < 1.29 is 28.5 Å². The molecule has 0 saturated carbocycles. The van der Waals surface area contributed by atoms with Gasteiger partial charge in [-0.3, -0.25) is 9.88 Å². The molecule has 1 atom stereocenters. The third kappa shape index (κ3) is 9.51. The first-order chi connectivity index (χ1) is 30.2. The molecular formula is C48H46ClFN6O5S. The smallest absolute Gasteiger partial charge is 0.326 e. The lowest BCUT2D eigenvalue weighted by atomic mass is 9.94. The number of carbonyl (C=O) groups is 1. The lowest BCUT2D eigenvalue weighted by Crippen LogP contribution is -2.45. The summed E-state index contributed by atoms with van der Waals surface area (Å²) in [4.78, 5) is 32.4. The molecule has 0 radical (unpaired) electrons. The number of hydrogen-bond donors (Lipinski definition) is 2. The number of para-hydroxylation sites is 2. The van der Waals surface area contributed by atoms with Crippen LogP contribution in [0.15, 0.2) is 110 Å². The van der Waals surface area contributed by atoms with Gasteiger partial charge in [0.1, 0.15) is 42.3 Å². The Morgan fingerprint density at radius 1 is 0.919 bits per heavy atom. The molecule has 0 bridgehead atoms. The number of halogens is 2. The SMILES string of the molecule is COc1ccccc1-c1nccc(COc2ccccc2C[C@H](Nc2cncc3sc(-c4ccc(F)cc4)c(-c4ccc(OCCN5CCN(C)CC5)c(Cl)c4C)c23)C(=O)O)n1. The Labute approximate surface area is 368 Å². The highest BCUT2D eigenvalue weighted by atomic mass is 35.5. The summed E-state index contributed by atoms with van der Waals surface area (Å²) in [7, 11) is 3.74. The van der Waals surface area contributed by atoms with Gasteiger partial charge in [0.2, 0.25) is 0 Å². The zero-order chi connectivity index (χ0) is 43.2. The van der Waals surface area contributed by atoms with E-state index in [0.717, 1.165) is 75.5 Å². The number of benzene rings is 4. The lowest BCUT2D eigenvalue weighted by molar-refractivity contribution is -0.137. The van der Waals surface area contributed by atoms with Crippen LogP contribution in [-0.4, -0.2) is 95.4 Å². The third-order valence-corrected chi connectivity index (χ3v) is 12.7. The number of anilines is 1. The summed E-state index contributed by atoms with van der Waals surface area (Å²) in [5.74, 6) is 0.879. The van der Waals surface area contributed by atoms with E-state index in [4.69, 9.17) is 30.8 Å². The number of carboxylic acid groups (broad SMARTS) is 1. The predicted molar refractivity (Wildman–Crippen MR) is 243 cm³/mol. The number of thiophene rings is 1. The van der Waals surface area contributed by atoms with Crippen molar-refractivity contribution in [1.29, 1.82) is 0 Å². The number of nitrogens with zero attached hydrogens (tertiary/aromatic N) is 5. The second-order valence-electron chi connectivity index (χ2n) is 15.1. The number of piperazine rings is 1. The van der Waals surface area contributed by atoms with Gasteiger partial charge in [-0.25, -0.2) is 19.2 Å². The molecule has 1 aliphatic rings. The number of rotatable bonds is 16. The van der Waals surface area contributed by atoms with Gasteiger partial charge in [0, 0.05) is 67.4 Å². The molecule has 11 nitrogen and oxygen atoms in total. The summed E-state index contributed by atoms with van der Waals surface area (Å²) in [6.45, 7) is 7.42. The Hall–Kier alpha value is -6.12. The number of aromatic nitrogens is 3. The molecule has 1 fully saturated rings. The van der Waals surface area contributed by atoms with E-state index in [1.54, 1.807) is 43.9 Å². The van der Waals surface area contributed by atoms with Crippen LogP contribution in [0.5, 0.6) is 17.2 Å². The first-order valence-electron chi connectivity index (χ1n) is 20.3. The van der Waals surface area contributed by atoms with Crippen molar-refractivity contribution in [3.63, 3.8) is 0 Å². The number of hydrogen-bond acceptors (Lipinski definition) is 11.